The van der Waals surface area contributed by atoms with Crippen molar-refractivity contribution in [2.24, 2.45) is 5.92 Å². The van der Waals surface area contributed by atoms with Crippen molar-refractivity contribution in [2.75, 3.05) is 6.61 Å². The second kappa shape index (κ2) is 4.64. The molecule has 2 atom stereocenters. The van der Waals surface area contributed by atoms with Crippen molar-refractivity contribution in [2.45, 2.75) is 50.7 Å². The lowest BCUT2D eigenvalue weighted by Crippen LogP contribution is -2.57. The number of carbonyl (C=O) groups is 2. The monoisotopic (exact) mass is 241 g/mol. The molecule has 2 fully saturated rings. The number of ether oxygens (including phenoxy) is 1. The molecule has 0 aromatic carbocycles. The summed E-state index contributed by atoms with van der Waals surface area (Å²) in [6.45, 7) is 2.60. The predicted octanol–water partition coefficient (Wildman–Crippen LogP) is 0.925. The van der Waals surface area contributed by atoms with Crippen LogP contribution < -0.4 is 5.32 Å². The highest BCUT2D eigenvalue weighted by Gasteiger charge is 2.43. The first kappa shape index (κ1) is 12.4. The maximum atomic E-state index is 12.0. The summed E-state index contributed by atoms with van der Waals surface area (Å²) in [6.07, 6.45) is 3.00. The van der Waals surface area contributed by atoms with Crippen LogP contribution in [0.4, 0.5) is 0 Å². The molecule has 1 saturated heterocycles. The van der Waals surface area contributed by atoms with Crippen molar-refractivity contribution >= 4 is 11.9 Å². The Morgan fingerprint density at radius 2 is 2.18 bits per heavy atom. The summed E-state index contributed by atoms with van der Waals surface area (Å²) in [6, 6.07) is 0. The zero-order valence-corrected chi connectivity index (χ0v) is 10.1. The van der Waals surface area contributed by atoms with E-state index >= 15 is 0 Å². The van der Waals surface area contributed by atoms with Gasteiger partial charge in [0, 0.05) is 6.61 Å². The Morgan fingerprint density at radius 1 is 1.47 bits per heavy atom. The van der Waals surface area contributed by atoms with Gasteiger partial charge in [-0.2, -0.15) is 0 Å². The van der Waals surface area contributed by atoms with Crippen molar-refractivity contribution in [3.05, 3.63) is 0 Å². The number of hydrogen-bond donors (Lipinski definition) is 2. The van der Waals surface area contributed by atoms with E-state index in [4.69, 9.17) is 9.84 Å². The summed E-state index contributed by atoms with van der Waals surface area (Å²) < 4.78 is 5.39. The normalized spacial score (nSPS) is 30.6. The summed E-state index contributed by atoms with van der Waals surface area (Å²) in [7, 11) is 0. The maximum absolute atomic E-state index is 12.0. The van der Waals surface area contributed by atoms with E-state index in [0.29, 0.717) is 6.61 Å². The van der Waals surface area contributed by atoms with Crippen molar-refractivity contribution in [1.82, 2.24) is 5.32 Å². The standard InChI is InChI=1S/C12H19NO4/c1-8-3-6-17-10(8)11(16)13-12(4-2-5-12)7-9(14)15/h8,10H,2-7H2,1H3,(H,13,16)(H,14,15). The fraction of sp³-hybridized carbons (Fsp3) is 0.833. The average Bonchev–Trinajstić information content (AvgIpc) is 2.60. The third-order valence-electron chi connectivity index (χ3n) is 3.83. The molecule has 0 aromatic heterocycles. The van der Waals surface area contributed by atoms with Gasteiger partial charge in [0.2, 0.25) is 5.91 Å². The highest BCUT2D eigenvalue weighted by molar-refractivity contribution is 5.83. The van der Waals surface area contributed by atoms with Crippen LogP contribution in [0.5, 0.6) is 0 Å². The number of amides is 1. The number of carboxylic acid groups (broad SMARTS) is 1. The maximum Gasteiger partial charge on any atom is 0.305 e. The third kappa shape index (κ3) is 2.60. The molecule has 1 amide bonds. The molecule has 1 aliphatic carbocycles. The lowest BCUT2D eigenvalue weighted by Gasteiger charge is -2.42. The number of carbonyl (C=O) groups excluding carboxylic acids is 1. The summed E-state index contributed by atoms with van der Waals surface area (Å²) in [4.78, 5) is 22.8. The van der Waals surface area contributed by atoms with Gasteiger partial charge in [0.05, 0.1) is 12.0 Å². The van der Waals surface area contributed by atoms with E-state index in [1.165, 1.54) is 0 Å². The van der Waals surface area contributed by atoms with Crippen LogP contribution in [0.2, 0.25) is 0 Å². The Labute approximate surface area is 101 Å². The molecule has 2 rings (SSSR count). The fourth-order valence-electron chi connectivity index (χ4n) is 2.60. The van der Waals surface area contributed by atoms with Crippen molar-refractivity contribution in [1.29, 1.82) is 0 Å². The zero-order chi connectivity index (χ0) is 12.5. The molecule has 1 saturated carbocycles. The Kier molecular flexibility index (Phi) is 3.38. The Balaban J connectivity index is 1.94. The van der Waals surface area contributed by atoms with E-state index in [2.05, 4.69) is 5.32 Å². The van der Waals surface area contributed by atoms with Crippen LogP contribution in [-0.4, -0.2) is 35.2 Å². The Morgan fingerprint density at radius 3 is 2.59 bits per heavy atom. The number of rotatable bonds is 4. The first-order chi connectivity index (χ1) is 8.02. The molecule has 1 aliphatic heterocycles. The third-order valence-corrected chi connectivity index (χ3v) is 3.83. The molecule has 0 aromatic rings. The Bertz CT molecular complexity index is 324. The summed E-state index contributed by atoms with van der Waals surface area (Å²) in [5.41, 5.74) is -0.519. The van der Waals surface area contributed by atoms with Gasteiger partial charge in [-0.15, -0.1) is 0 Å². The predicted molar refractivity (Wildman–Crippen MR) is 60.5 cm³/mol. The molecule has 2 aliphatic rings. The SMILES string of the molecule is CC1CCOC1C(=O)NC1(CC(=O)O)CCC1. The minimum Gasteiger partial charge on any atom is -0.481 e. The lowest BCUT2D eigenvalue weighted by atomic mass is 9.74. The molecule has 5 nitrogen and oxygen atoms in total. The second-order valence-electron chi connectivity index (χ2n) is 5.25. The number of carboxylic acids is 1. The minimum absolute atomic E-state index is 0.0137. The van der Waals surface area contributed by atoms with Gasteiger partial charge in [-0.1, -0.05) is 6.92 Å². The van der Waals surface area contributed by atoms with E-state index in [1.807, 2.05) is 6.92 Å². The molecule has 1 heterocycles. The first-order valence-electron chi connectivity index (χ1n) is 6.18. The average molecular weight is 241 g/mol. The smallest absolute Gasteiger partial charge is 0.305 e. The van der Waals surface area contributed by atoms with Crippen LogP contribution in [0.1, 0.15) is 39.0 Å². The quantitative estimate of drug-likeness (QED) is 0.767. The van der Waals surface area contributed by atoms with E-state index in [0.717, 1.165) is 25.7 Å². The topological polar surface area (TPSA) is 75.6 Å². The van der Waals surface area contributed by atoms with Gasteiger partial charge < -0.3 is 15.2 Å². The molecule has 2 unspecified atom stereocenters. The van der Waals surface area contributed by atoms with Crippen molar-refractivity contribution in [3.8, 4) is 0 Å². The zero-order valence-electron chi connectivity index (χ0n) is 10.1. The van der Waals surface area contributed by atoms with Crippen molar-refractivity contribution in [3.63, 3.8) is 0 Å². The second-order valence-corrected chi connectivity index (χ2v) is 5.25. The Hall–Kier alpha value is -1.10. The molecule has 2 N–H and O–H groups in total. The molecule has 96 valence electrons. The fourth-order valence-corrected chi connectivity index (χ4v) is 2.60. The largest absolute Gasteiger partial charge is 0.481 e. The molecule has 17 heavy (non-hydrogen) atoms. The summed E-state index contributed by atoms with van der Waals surface area (Å²) >= 11 is 0. The molecule has 0 bridgehead atoms. The summed E-state index contributed by atoms with van der Waals surface area (Å²) in [5, 5.41) is 11.8. The number of hydrogen-bond acceptors (Lipinski definition) is 3. The molecule has 0 radical (unpaired) electrons. The minimum atomic E-state index is -0.856. The van der Waals surface area contributed by atoms with Crippen LogP contribution in [0.25, 0.3) is 0 Å². The van der Waals surface area contributed by atoms with E-state index in [-0.39, 0.29) is 18.2 Å². The van der Waals surface area contributed by atoms with E-state index in [9.17, 15) is 9.59 Å². The van der Waals surface area contributed by atoms with Crippen molar-refractivity contribution < 1.29 is 19.4 Å². The van der Waals surface area contributed by atoms with Gasteiger partial charge in [-0.05, 0) is 31.6 Å². The van der Waals surface area contributed by atoms with Crippen LogP contribution in [0.3, 0.4) is 0 Å². The van der Waals surface area contributed by atoms with Gasteiger partial charge in [0.15, 0.2) is 0 Å². The van der Waals surface area contributed by atoms with Gasteiger partial charge in [-0.3, -0.25) is 9.59 Å². The lowest BCUT2D eigenvalue weighted by molar-refractivity contribution is -0.142. The van der Waals surface area contributed by atoms with Crippen LogP contribution in [0.15, 0.2) is 0 Å². The van der Waals surface area contributed by atoms with Crippen LogP contribution >= 0.6 is 0 Å². The number of aliphatic carboxylic acids is 1. The van der Waals surface area contributed by atoms with E-state index < -0.39 is 17.6 Å². The van der Waals surface area contributed by atoms with Gasteiger partial charge in [0.25, 0.3) is 0 Å². The number of nitrogens with one attached hydrogen (secondary N) is 1. The van der Waals surface area contributed by atoms with Crippen LogP contribution in [-0.2, 0) is 14.3 Å². The highest BCUT2D eigenvalue weighted by atomic mass is 16.5. The molecular formula is C12H19NO4. The summed E-state index contributed by atoms with van der Waals surface area (Å²) in [5.74, 6) is -0.779. The molecule has 5 heteroatoms. The van der Waals surface area contributed by atoms with Crippen LogP contribution in [0, 0.1) is 5.92 Å². The molecular weight excluding hydrogens is 222 g/mol. The first-order valence-corrected chi connectivity index (χ1v) is 6.18. The van der Waals surface area contributed by atoms with Gasteiger partial charge in [-0.25, -0.2) is 0 Å². The molecule has 0 spiro atoms. The van der Waals surface area contributed by atoms with Gasteiger partial charge in [0.1, 0.15) is 6.10 Å². The van der Waals surface area contributed by atoms with E-state index in [1.54, 1.807) is 0 Å². The highest BCUT2D eigenvalue weighted by Crippen LogP contribution is 2.35. The van der Waals surface area contributed by atoms with Gasteiger partial charge >= 0.3 is 5.97 Å².